The van der Waals surface area contributed by atoms with E-state index in [1.54, 1.807) is 11.8 Å². The van der Waals surface area contributed by atoms with Crippen molar-refractivity contribution >= 4 is 55.6 Å². The van der Waals surface area contributed by atoms with E-state index < -0.39 is 20.0 Å². The molecule has 0 radical (unpaired) electrons. The maximum absolute atomic E-state index is 12.7. The molecule has 12 heteroatoms. The second kappa shape index (κ2) is 8.00. The smallest absolute Gasteiger partial charge is 0.253 e. The van der Waals surface area contributed by atoms with Crippen LogP contribution >= 0.6 is 35.5 Å². The molecule has 0 fully saturated rings. The Morgan fingerprint density at radius 2 is 2.17 bits per heavy atom. The Morgan fingerprint density at radius 3 is 2.70 bits per heavy atom. The van der Waals surface area contributed by atoms with E-state index in [4.69, 9.17) is 5.14 Å². The Kier molecular flexibility index (Phi) is 7.36. The van der Waals surface area contributed by atoms with Crippen molar-refractivity contribution in [3.05, 3.63) is 11.6 Å². The predicted octanol–water partition coefficient (Wildman–Crippen LogP) is 0.835. The van der Waals surface area contributed by atoms with E-state index in [0.29, 0.717) is 31.0 Å². The standard InChI is InChI=1S/C11H19N3O4S4.ClH/c1-3-13-9-7-14(4-5-19-2)22(17,18)11-8(9)6-10(20-11)21(12,15)16;/h6,9,13H,3-5,7H2,1-2H3,(H2,12,15,16);1H. The van der Waals surface area contributed by atoms with E-state index in [-0.39, 0.29) is 26.9 Å². The van der Waals surface area contributed by atoms with Crippen molar-refractivity contribution in [2.45, 2.75) is 21.4 Å². The number of primary sulfonamides is 1. The molecule has 23 heavy (non-hydrogen) atoms. The van der Waals surface area contributed by atoms with E-state index in [9.17, 15) is 16.8 Å². The van der Waals surface area contributed by atoms with Crippen molar-refractivity contribution in [2.24, 2.45) is 5.14 Å². The van der Waals surface area contributed by atoms with Gasteiger partial charge in [0.15, 0.2) is 0 Å². The van der Waals surface area contributed by atoms with Crippen molar-refractivity contribution in [2.75, 3.05) is 31.6 Å². The van der Waals surface area contributed by atoms with Gasteiger partial charge in [-0.15, -0.1) is 23.7 Å². The Labute approximate surface area is 151 Å². The highest BCUT2D eigenvalue weighted by atomic mass is 35.5. The summed E-state index contributed by atoms with van der Waals surface area (Å²) in [6.07, 6.45) is 1.91. The molecular formula is C11H20ClN3O4S4. The topological polar surface area (TPSA) is 110 Å². The maximum atomic E-state index is 12.7. The fraction of sp³-hybridized carbons (Fsp3) is 0.636. The lowest BCUT2D eigenvalue weighted by Gasteiger charge is -2.32. The third-order valence-corrected chi connectivity index (χ3v) is 8.87. The second-order valence-corrected chi connectivity index (χ2v) is 10.8. The molecule has 0 saturated heterocycles. The van der Waals surface area contributed by atoms with Crippen LogP contribution in [0.1, 0.15) is 18.5 Å². The summed E-state index contributed by atoms with van der Waals surface area (Å²) in [4.78, 5) is 0. The summed E-state index contributed by atoms with van der Waals surface area (Å²) < 4.78 is 49.8. The first-order chi connectivity index (χ1) is 10.2. The molecule has 0 spiro atoms. The molecule has 134 valence electrons. The van der Waals surface area contributed by atoms with Gasteiger partial charge in [-0.3, -0.25) is 0 Å². The highest BCUT2D eigenvalue weighted by Gasteiger charge is 2.39. The minimum absolute atomic E-state index is 0. The highest BCUT2D eigenvalue weighted by Crippen LogP contribution is 2.39. The number of rotatable bonds is 6. The molecule has 0 saturated carbocycles. The summed E-state index contributed by atoms with van der Waals surface area (Å²) >= 11 is 2.29. The first-order valence-electron chi connectivity index (χ1n) is 6.60. The summed E-state index contributed by atoms with van der Waals surface area (Å²) in [5.74, 6) is 0.681. The van der Waals surface area contributed by atoms with Crippen LogP contribution in [0.15, 0.2) is 14.5 Å². The molecule has 0 amide bonds. The summed E-state index contributed by atoms with van der Waals surface area (Å²) in [5.41, 5.74) is 0.497. The molecule has 0 bridgehead atoms. The number of thiophene rings is 1. The molecule has 1 atom stereocenters. The van der Waals surface area contributed by atoms with E-state index in [0.717, 1.165) is 11.3 Å². The minimum Gasteiger partial charge on any atom is -0.309 e. The van der Waals surface area contributed by atoms with Gasteiger partial charge >= 0.3 is 0 Å². The lowest BCUT2D eigenvalue weighted by molar-refractivity contribution is 0.357. The molecular weight excluding hydrogens is 402 g/mol. The van der Waals surface area contributed by atoms with Gasteiger partial charge in [-0.05, 0) is 18.9 Å². The maximum Gasteiger partial charge on any atom is 0.253 e. The number of nitrogens with one attached hydrogen (secondary N) is 1. The van der Waals surface area contributed by atoms with Crippen LogP contribution in [0.5, 0.6) is 0 Å². The second-order valence-electron chi connectivity index (χ2n) is 4.82. The number of hydrogen-bond acceptors (Lipinski definition) is 7. The highest BCUT2D eigenvalue weighted by molar-refractivity contribution is 7.98. The fourth-order valence-electron chi connectivity index (χ4n) is 2.29. The van der Waals surface area contributed by atoms with Crippen molar-refractivity contribution in [1.29, 1.82) is 0 Å². The fourth-order valence-corrected chi connectivity index (χ4v) is 7.08. The average Bonchev–Trinajstić information content (AvgIpc) is 2.87. The van der Waals surface area contributed by atoms with Crippen LogP contribution in [-0.2, 0) is 20.0 Å². The summed E-state index contributed by atoms with van der Waals surface area (Å²) in [6.45, 7) is 3.26. The van der Waals surface area contributed by atoms with Gasteiger partial charge in [0, 0.05) is 30.4 Å². The predicted molar refractivity (Wildman–Crippen MR) is 96.5 cm³/mol. The molecule has 7 nitrogen and oxygen atoms in total. The zero-order valence-electron chi connectivity index (χ0n) is 12.7. The number of thioether (sulfide) groups is 1. The molecule has 0 aromatic carbocycles. The average molecular weight is 422 g/mol. The van der Waals surface area contributed by atoms with Crippen LogP contribution in [0.2, 0.25) is 0 Å². The molecule has 3 N–H and O–H groups in total. The quantitative estimate of drug-likeness (QED) is 0.704. The molecule has 1 unspecified atom stereocenters. The number of nitrogens with two attached hydrogens (primary N) is 1. The number of halogens is 1. The van der Waals surface area contributed by atoms with E-state index in [1.807, 2.05) is 13.2 Å². The van der Waals surface area contributed by atoms with Gasteiger partial charge in [0.05, 0.1) is 0 Å². The molecule has 1 aliphatic rings. The van der Waals surface area contributed by atoms with Crippen molar-refractivity contribution < 1.29 is 16.8 Å². The SMILES string of the molecule is CCNC1CN(CCSC)S(=O)(=O)c2sc(S(N)(=O)=O)cc21.Cl. The van der Waals surface area contributed by atoms with Crippen LogP contribution in [0.25, 0.3) is 0 Å². The number of nitrogens with zero attached hydrogens (tertiary/aromatic N) is 1. The Balaban J connectivity index is 0.00000264. The largest absolute Gasteiger partial charge is 0.309 e. The van der Waals surface area contributed by atoms with Gasteiger partial charge in [0.25, 0.3) is 10.0 Å². The van der Waals surface area contributed by atoms with Gasteiger partial charge in [-0.25, -0.2) is 22.0 Å². The minimum atomic E-state index is -3.92. The normalized spacial score (nSPS) is 20.7. The number of sulfonamides is 2. The van der Waals surface area contributed by atoms with Crippen molar-refractivity contribution in [3.8, 4) is 0 Å². The summed E-state index contributed by atoms with van der Waals surface area (Å²) in [6, 6.07) is 1.16. The first-order valence-corrected chi connectivity index (χ1v) is 11.8. The van der Waals surface area contributed by atoms with Crippen molar-refractivity contribution in [3.63, 3.8) is 0 Å². The van der Waals surface area contributed by atoms with Gasteiger partial charge in [0.1, 0.15) is 8.42 Å². The van der Waals surface area contributed by atoms with E-state index in [2.05, 4.69) is 5.32 Å². The van der Waals surface area contributed by atoms with Gasteiger partial charge in [-0.1, -0.05) is 6.92 Å². The lowest BCUT2D eigenvalue weighted by Crippen LogP contribution is -2.44. The van der Waals surface area contributed by atoms with Gasteiger partial charge < -0.3 is 5.32 Å². The van der Waals surface area contributed by atoms with Crippen LogP contribution < -0.4 is 10.5 Å². The molecule has 0 aliphatic carbocycles. The molecule has 2 heterocycles. The molecule has 1 aromatic rings. The van der Waals surface area contributed by atoms with Crippen LogP contribution in [0.4, 0.5) is 0 Å². The Bertz CT molecular complexity index is 747. The third-order valence-electron chi connectivity index (χ3n) is 3.31. The Morgan fingerprint density at radius 1 is 1.52 bits per heavy atom. The van der Waals surface area contributed by atoms with Crippen molar-refractivity contribution in [1.82, 2.24) is 9.62 Å². The van der Waals surface area contributed by atoms with Crippen LogP contribution in [0, 0.1) is 0 Å². The summed E-state index contributed by atoms with van der Waals surface area (Å²) in [5, 5.41) is 8.35. The number of likely N-dealkylation sites (N-methyl/N-ethyl adjacent to an activating group) is 1. The number of hydrogen-bond donors (Lipinski definition) is 2. The zero-order chi connectivity index (χ0) is 16.5. The first kappa shape index (κ1) is 21.2. The van der Waals surface area contributed by atoms with E-state index in [1.165, 1.54) is 10.4 Å². The molecule has 2 rings (SSSR count). The van der Waals surface area contributed by atoms with Gasteiger partial charge in [-0.2, -0.15) is 16.1 Å². The molecule has 1 aliphatic heterocycles. The Hall–Kier alpha value is 0.120. The van der Waals surface area contributed by atoms with Crippen LogP contribution in [0.3, 0.4) is 0 Å². The van der Waals surface area contributed by atoms with Gasteiger partial charge in [0.2, 0.25) is 10.0 Å². The van der Waals surface area contributed by atoms with Crippen LogP contribution in [-0.4, -0.2) is 52.8 Å². The van der Waals surface area contributed by atoms with E-state index >= 15 is 0 Å². The molecule has 1 aromatic heterocycles. The zero-order valence-corrected chi connectivity index (χ0v) is 16.8. The number of fused-ring (bicyclic) bond motifs is 1. The lowest BCUT2D eigenvalue weighted by atomic mass is 10.1. The summed E-state index contributed by atoms with van der Waals surface area (Å²) in [7, 11) is -7.58. The third kappa shape index (κ3) is 4.40. The monoisotopic (exact) mass is 421 g/mol.